The fraction of sp³-hybridized carbons (Fsp3) is 0.125. The molecule has 0 amide bonds. The molecule has 0 spiro atoms. The Labute approximate surface area is 194 Å². The zero-order valence-corrected chi connectivity index (χ0v) is 18.6. The summed E-state index contributed by atoms with van der Waals surface area (Å²) >= 11 is 5.56. The van der Waals surface area contributed by atoms with Crippen molar-refractivity contribution in [3.8, 4) is 22.5 Å². The molecule has 0 saturated heterocycles. The number of aromatic amines is 2. The Kier molecular flexibility index (Phi) is 5.54. The average molecular weight is 457 g/mol. The van der Waals surface area contributed by atoms with E-state index in [1.807, 2.05) is 41.0 Å². The van der Waals surface area contributed by atoms with Gasteiger partial charge in [-0.3, -0.25) is 0 Å². The number of benzene rings is 3. The normalized spacial score (nSPS) is 11.1. The Bertz CT molecular complexity index is 1490. The maximum Gasteiger partial charge on any atom is 0.340 e. The third kappa shape index (κ3) is 3.94. The van der Waals surface area contributed by atoms with Crippen molar-refractivity contribution in [3.63, 3.8) is 0 Å². The number of nitrogens with zero attached hydrogens (tertiary/aromatic N) is 4. The van der Waals surface area contributed by atoms with Crippen LogP contribution in [-0.4, -0.2) is 42.8 Å². The summed E-state index contributed by atoms with van der Waals surface area (Å²) in [5.74, 6) is 0.186. The SMILES string of the molecule is CCOC(=O)c1cccc2[nH]c(=S)n(Cc3ccc(-c4ccccc4-c4nn[nH]n4)cc3)c12. The summed E-state index contributed by atoms with van der Waals surface area (Å²) < 4.78 is 7.72. The summed E-state index contributed by atoms with van der Waals surface area (Å²) in [4.78, 5) is 15.7. The highest BCUT2D eigenvalue weighted by Gasteiger charge is 2.16. The predicted molar refractivity (Wildman–Crippen MR) is 127 cm³/mol. The van der Waals surface area contributed by atoms with E-state index in [1.54, 1.807) is 13.0 Å². The van der Waals surface area contributed by atoms with Crippen molar-refractivity contribution in [2.75, 3.05) is 6.61 Å². The molecule has 2 N–H and O–H groups in total. The van der Waals surface area contributed by atoms with E-state index >= 15 is 0 Å². The average Bonchev–Trinajstić information content (AvgIpc) is 3.48. The number of carbonyl (C=O) groups is 1. The number of esters is 1. The molecule has 0 unspecified atom stereocenters. The van der Waals surface area contributed by atoms with E-state index in [4.69, 9.17) is 17.0 Å². The zero-order chi connectivity index (χ0) is 22.8. The predicted octanol–water partition coefficient (Wildman–Crippen LogP) is 4.77. The van der Waals surface area contributed by atoms with Crippen molar-refractivity contribution in [2.45, 2.75) is 13.5 Å². The molecule has 2 heterocycles. The largest absolute Gasteiger partial charge is 0.462 e. The summed E-state index contributed by atoms with van der Waals surface area (Å²) in [6, 6.07) is 21.6. The molecule has 3 aromatic carbocycles. The van der Waals surface area contributed by atoms with Crippen LogP contribution in [0.5, 0.6) is 0 Å². The third-order valence-electron chi connectivity index (χ3n) is 5.41. The van der Waals surface area contributed by atoms with Crippen LogP contribution in [0.1, 0.15) is 22.8 Å². The number of para-hydroxylation sites is 1. The lowest BCUT2D eigenvalue weighted by Gasteiger charge is -2.10. The Morgan fingerprint density at radius 1 is 1.03 bits per heavy atom. The van der Waals surface area contributed by atoms with Crippen molar-refractivity contribution >= 4 is 29.2 Å². The van der Waals surface area contributed by atoms with Gasteiger partial charge in [-0.1, -0.05) is 54.6 Å². The number of fused-ring (bicyclic) bond motifs is 1. The monoisotopic (exact) mass is 456 g/mol. The lowest BCUT2D eigenvalue weighted by atomic mass is 9.98. The first-order valence-corrected chi connectivity index (χ1v) is 10.9. The van der Waals surface area contributed by atoms with Crippen molar-refractivity contribution in [1.29, 1.82) is 0 Å². The third-order valence-corrected chi connectivity index (χ3v) is 5.73. The van der Waals surface area contributed by atoms with Crippen molar-refractivity contribution in [1.82, 2.24) is 30.2 Å². The van der Waals surface area contributed by atoms with Crippen LogP contribution in [-0.2, 0) is 11.3 Å². The van der Waals surface area contributed by atoms with Gasteiger partial charge in [-0.15, -0.1) is 10.2 Å². The second kappa shape index (κ2) is 8.79. The molecule has 0 aliphatic heterocycles. The molecule has 164 valence electrons. The van der Waals surface area contributed by atoms with Gasteiger partial charge in [0, 0.05) is 5.56 Å². The summed E-state index contributed by atoms with van der Waals surface area (Å²) in [7, 11) is 0. The van der Waals surface area contributed by atoms with Crippen molar-refractivity contribution < 1.29 is 9.53 Å². The molecule has 0 bridgehead atoms. The number of aromatic nitrogens is 6. The van der Waals surface area contributed by atoms with Gasteiger partial charge in [-0.25, -0.2) is 4.79 Å². The van der Waals surface area contributed by atoms with E-state index < -0.39 is 0 Å². The zero-order valence-electron chi connectivity index (χ0n) is 17.8. The van der Waals surface area contributed by atoms with E-state index in [2.05, 4.69) is 49.9 Å². The van der Waals surface area contributed by atoms with Gasteiger partial charge < -0.3 is 14.3 Å². The van der Waals surface area contributed by atoms with Crippen molar-refractivity contribution in [3.05, 3.63) is 82.6 Å². The van der Waals surface area contributed by atoms with Gasteiger partial charge in [0.2, 0.25) is 5.82 Å². The highest BCUT2D eigenvalue weighted by Crippen LogP contribution is 2.30. The van der Waals surface area contributed by atoms with Gasteiger partial charge in [0.1, 0.15) is 0 Å². The maximum absolute atomic E-state index is 12.5. The molecule has 0 fully saturated rings. The Balaban J connectivity index is 1.50. The lowest BCUT2D eigenvalue weighted by Crippen LogP contribution is -2.08. The fourth-order valence-electron chi connectivity index (χ4n) is 3.92. The molecule has 0 saturated carbocycles. The summed E-state index contributed by atoms with van der Waals surface area (Å²) in [6.45, 7) is 2.62. The topological polar surface area (TPSA) is 101 Å². The van der Waals surface area contributed by atoms with Crippen LogP contribution >= 0.6 is 12.2 Å². The maximum atomic E-state index is 12.5. The van der Waals surface area contributed by atoms with Gasteiger partial charge in [0.05, 0.1) is 29.7 Å². The van der Waals surface area contributed by atoms with Gasteiger partial charge >= 0.3 is 5.97 Å². The van der Waals surface area contributed by atoms with Gasteiger partial charge in [0.15, 0.2) is 4.77 Å². The standard InChI is InChI=1S/C24H20N6O2S/c1-2-32-23(31)19-8-5-9-20-21(19)30(24(33)25-20)14-15-10-12-16(13-11-15)17-6-3-4-7-18(17)22-26-28-29-27-22/h3-13H,2,14H2,1H3,(H,25,33)(H,26,27,28,29). The minimum Gasteiger partial charge on any atom is -0.462 e. The van der Waals surface area contributed by atoms with E-state index in [-0.39, 0.29) is 5.97 Å². The molecule has 9 heteroatoms. The Morgan fingerprint density at radius 3 is 2.55 bits per heavy atom. The van der Waals surface area contributed by atoms with E-state index in [0.717, 1.165) is 33.3 Å². The number of carbonyl (C=O) groups excluding carboxylic acids is 1. The molecular formula is C24H20N6O2S. The van der Waals surface area contributed by atoms with Crippen LogP contribution < -0.4 is 0 Å². The minimum atomic E-state index is -0.362. The van der Waals surface area contributed by atoms with E-state index in [9.17, 15) is 4.79 Å². The summed E-state index contributed by atoms with van der Waals surface area (Å²) in [5.41, 5.74) is 6.03. The quantitative estimate of drug-likeness (QED) is 0.282. The minimum absolute atomic E-state index is 0.313. The molecule has 33 heavy (non-hydrogen) atoms. The summed E-state index contributed by atoms with van der Waals surface area (Å²) in [5, 5.41) is 14.4. The molecular weight excluding hydrogens is 436 g/mol. The molecule has 0 atom stereocenters. The number of H-pyrrole nitrogens is 2. The van der Waals surface area contributed by atoms with Crippen LogP contribution in [0.4, 0.5) is 0 Å². The van der Waals surface area contributed by atoms with Gasteiger partial charge in [-0.2, -0.15) is 5.21 Å². The van der Waals surface area contributed by atoms with Crippen LogP contribution in [0.2, 0.25) is 0 Å². The first-order chi connectivity index (χ1) is 16.2. The number of hydrogen-bond acceptors (Lipinski definition) is 6. The van der Waals surface area contributed by atoms with E-state index in [1.165, 1.54) is 0 Å². The van der Waals surface area contributed by atoms with Gasteiger partial charge in [-0.05, 0) is 53.2 Å². The number of nitrogens with one attached hydrogen (secondary N) is 2. The lowest BCUT2D eigenvalue weighted by molar-refractivity contribution is 0.0528. The molecule has 0 aliphatic carbocycles. The second-order valence-corrected chi connectivity index (χ2v) is 7.80. The molecule has 0 radical (unpaired) electrons. The van der Waals surface area contributed by atoms with Crippen LogP contribution in [0.15, 0.2) is 66.7 Å². The molecule has 8 nitrogen and oxygen atoms in total. The molecule has 5 rings (SSSR count). The Morgan fingerprint density at radius 2 is 1.82 bits per heavy atom. The van der Waals surface area contributed by atoms with Crippen molar-refractivity contribution in [2.24, 2.45) is 0 Å². The molecule has 0 aliphatic rings. The van der Waals surface area contributed by atoms with Gasteiger partial charge in [0.25, 0.3) is 0 Å². The van der Waals surface area contributed by atoms with E-state index in [0.29, 0.717) is 29.3 Å². The van der Waals surface area contributed by atoms with Crippen LogP contribution in [0, 0.1) is 4.77 Å². The number of imidazole rings is 1. The number of tetrazole rings is 1. The second-order valence-electron chi connectivity index (χ2n) is 7.42. The highest BCUT2D eigenvalue weighted by atomic mass is 32.1. The fourth-order valence-corrected chi connectivity index (χ4v) is 4.19. The first kappa shape index (κ1) is 20.8. The summed E-state index contributed by atoms with van der Waals surface area (Å²) in [6.07, 6.45) is 0. The number of hydrogen-bond donors (Lipinski definition) is 2. The Hall–Kier alpha value is -4.11. The first-order valence-electron chi connectivity index (χ1n) is 10.5. The van der Waals surface area contributed by atoms with Crippen LogP contribution in [0.25, 0.3) is 33.5 Å². The molecule has 2 aromatic heterocycles. The number of ether oxygens (including phenoxy) is 1. The highest BCUT2D eigenvalue weighted by molar-refractivity contribution is 7.71. The van der Waals surface area contributed by atoms with Crippen LogP contribution in [0.3, 0.4) is 0 Å². The smallest absolute Gasteiger partial charge is 0.340 e. The number of rotatable bonds is 6. The molecule has 5 aromatic rings.